The van der Waals surface area contributed by atoms with Crippen LogP contribution in [0.15, 0.2) is 52.2 Å². The van der Waals surface area contributed by atoms with Gasteiger partial charge in [-0.25, -0.2) is 9.18 Å². The fourth-order valence-electron chi connectivity index (χ4n) is 5.08. The molecule has 2 amide bonds. The molecule has 1 fully saturated rings. The van der Waals surface area contributed by atoms with Crippen molar-refractivity contribution in [1.29, 1.82) is 0 Å². The first-order valence-corrected chi connectivity index (χ1v) is 12.7. The Balaban J connectivity index is 1.09. The van der Waals surface area contributed by atoms with Gasteiger partial charge >= 0.3 is 6.09 Å². The maximum atomic E-state index is 14.6. The van der Waals surface area contributed by atoms with Crippen LogP contribution in [0.3, 0.4) is 0 Å². The van der Waals surface area contributed by atoms with Crippen LogP contribution in [-0.2, 0) is 16.1 Å². The van der Waals surface area contributed by atoms with Gasteiger partial charge in [-0.1, -0.05) is 0 Å². The zero-order valence-electron chi connectivity index (χ0n) is 19.1. The molecule has 9 nitrogen and oxygen atoms in total. The molecule has 3 aliphatic rings. The number of aromatic nitrogens is 1. The van der Waals surface area contributed by atoms with E-state index < -0.39 is 24.3 Å². The second-order valence-corrected chi connectivity index (χ2v) is 10.1. The minimum atomic E-state index is -0.938. The summed E-state index contributed by atoms with van der Waals surface area (Å²) in [6.45, 7) is 0.806. The highest BCUT2D eigenvalue weighted by Gasteiger charge is 2.37. The third kappa shape index (κ3) is 3.93. The number of thioether (sulfide) groups is 1. The van der Waals surface area contributed by atoms with Crippen molar-refractivity contribution in [2.24, 2.45) is 0 Å². The molecule has 0 aliphatic carbocycles. The number of ether oxygens (including phenoxy) is 1. The summed E-state index contributed by atoms with van der Waals surface area (Å²) in [6, 6.07) is 11.2. The number of cyclic esters (lactones) is 1. The van der Waals surface area contributed by atoms with Crippen molar-refractivity contribution in [3.05, 3.63) is 64.2 Å². The topological polar surface area (TPSA) is 113 Å². The van der Waals surface area contributed by atoms with Crippen LogP contribution in [0, 0.1) is 5.82 Å². The second kappa shape index (κ2) is 8.91. The molecular weight excluding hydrogens is 487 g/mol. The number of fused-ring (bicyclic) bond motifs is 1. The van der Waals surface area contributed by atoms with Gasteiger partial charge in [0.2, 0.25) is 5.91 Å². The third-order valence-electron chi connectivity index (χ3n) is 6.85. The average Bonchev–Trinajstić information content (AvgIpc) is 3.45. The highest BCUT2D eigenvalue weighted by atomic mass is 32.2. The van der Waals surface area contributed by atoms with Crippen molar-refractivity contribution in [2.45, 2.75) is 36.1 Å². The number of rotatable bonds is 6. The van der Waals surface area contributed by atoms with E-state index in [1.165, 1.54) is 28.8 Å². The van der Waals surface area contributed by atoms with Crippen LogP contribution in [-0.4, -0.2) is 52.7 Å². The molecule has 3 aliphatic heterocycles. The molecule has 3 aromatic rings. The predicted molar refractivity (Wildman–Crippen MR) is 133 cm³/mol. The van der Waals surface area contributed by atoms with Crippen molar-refractivity contribution < 1.29 is 23.8 Å². The molecule has 3 atom stereocenters. The molecular formula is C25H23FN4O5S. The Morgan fingerprint density at radius 1 is 1.17 bits per heavy atom. The van der Waals surface area contributed by atoms with E-state index in [4.69, 9.17) is 4.74 Å². The van der Waals surface area contributed by atoms with Gasteiger partial charge < -0.3 is 25.0 Å². The van der Waals surface area contributed by atoms with Gasteiger partial charge in [0.05, 0.1) is 35.6 Å². The number of benzene rings is 2. The number of hydrogen-bond donors (Lipinski definition) is 3. The van der Waals surface area contributed by atoms with Crippen LogP contribution < -0.4 is 21.1 Å². The van der Waals surface area contributed by atoms with Crippen LogP contribution in [0.1, 0.15) is 18.0 Å². The fourth-order valence-corrected chi connectivity index (χ4v) is 5.87. The number of pyridine rings is 1. The van der Waals surface area contributed by atoms with Gasteiger partial charge in [0, 0.05) is 28.8 Å². The molecule has 0 radical (unpaired) electrons. The molecule has 36 heavy (non-hydrogen) atoms. The number of anilines is 2. The number of carbonyl (C=O) groups excluding carboxylic acids is 2. The first-order valence-electron chi connectivity index (χ1n) is 11.7. The van der Waals surface area contributed by atoms with Crippen LogP contribution in [0.2, 0.25) is 0 Å². The van der Waals surface area contributed by atoms with E-state index in [-0.39, 0.29) is 30.2 Å². The molecule has 186 valence electrons. The summed E-state index contributed by atoms with van der Waals surface area (Å²) < 4.78 is 21.6. The van der Waals surface area contributed by atoms with Crippen molar-refractivity contribution in [2.75, 3.05) is 29.1 Å². The van der Waals surface area contributed by atoms with Gasteiger partial charge in [-0.15, -0.1) is 11.8 Å². The van der Waals surface area contributed by atoms with E-state index in [9.17, 15) is 23.9 Å². The smallest absolute Gasteiger partial charge is 0.414 e. The lowest BCUT2D eigenvalue weighted by molar-refractivity contribution is -0.113. The third-order valence-corrected chi connectivity index (χ3v) is 7.93. The average molecular weight is 511 g/mol. The van der Waals surface area contributed by atoms with E-state index in [1.807, 2.05) is 6.07 Å². The first-order chi connectivity index (χ1) is 17.4. The lowest BCUT2D eigenvalue weighted by atomic mass is 10.0. The fraction of sp³-hybridized carbons (Fsp3) is 0.320. The summed E-state index contributed by atoms with van der Waals surface area (Å²) in [6.07, 6.45) is -1.97. The minimum absolute atomic E-state index is 0.0965. The molecule has 4 heterocycles. The lowest BCUT2D eigenvalue weighted by Gasteiger charge is -2.20. The number of aliphatic hydroxyl groups excluding tert-OH is 1. The molecule has 0 bridgehead atoms. The summed E-state index contributed by atoms with van der Waals surface area (Å²) in [7, 11) is 0. The molecule has 0 spiro atoms. The van der Waals surface area contributed by atoms with Crippen molar-refractivity contribution >= 4 is 46.0 Å². The van der Waals surface area contributed by atoms with Crippen molar-refractivity contribution in [3.8, 4) is 0 Å². The van der Waals surface area contributed by atoms with Crippen LogP contribution >= 0.6 is 11.8 Å². The number of amides is 2. The standard InChI is InChI=1S/C25H23FN4O5S/c26-15-4-1-13-2-6-22(33)30-10-17(23(15)24(13)30)27-8-7-18(31)19-11-29(25(34)35-19)14-3-5-20-16(9-14)28-21(32)12-36-20/h1-6,9,17-19,27,31H,7-8,10-12H2,(H,28,32)/t17-,18-,19-/m1/s1. The van der Waals surface area contributed by atoms with Crippen LogP contribution in [0.4, 0.5) is 20.6 Å². The molecule has 0 saturated carbocycles. The number of carbonyl (C=O) groups is 2. The van der Waals surface area contributed by atoms with Gasteiger partial charge in [-0.05, 0) is 54.8 Å². The minimum Gasteiger partial charge on any atom is -0.441 e. The zero-order valence-corrected chi connectivity index (χ0v) is 19.9. The van der Waals surface area contributed by atoms with Gasteiger partial charge in [-0.3, -0.25) is 14.5 Å². The van der Waals surface area contributed by atoms with E-state index in [0.717, 1.165) is 10.3 Å². The Bertz CT molecular complexity index is 1460. The quantitative estimate of drug-likeness (QED) is 0.467. The second-order valence-electron chi connectivity index (χ2n) is 9.09. The molecule has 0 unspecified atom stereocenters. The summed E-state index contributed by atoms with van der Waals surface area (Å²) in [5, 5.41) is 17.6. The maximum Gasteiger partial charge on any atom is 0.414 e. The summed E-state index contributed by atoms with van der Waals surface area (Å²) >= 11 is 1.43. The van der Waals surface area contributed by atoms with Crippen molar-refractivity contribution in [3.63, 3.8) is 0 Å². The highest BCUT2D eigenvalue weighted by molar-refractivity contribution is 8.00. The van der Waals surface area contributed by atoms with Crippen LogP contribution in [0.5, 0.6) is 0 Å². The maximum absolute atomic E-state index is 14.6. The first kappa shape index (κ1) is 23.0. The number of aliphatic hydroxyl groups is 1. The number of nitrogens with zero attached hydrogens (tertiary/aromatic N) is 2. The lowest BCUT2D eigenvalue weighted by Crippen LogP contribution is -2.34. The monoisotopic (exact) mass is 510 g/mol. The Kier molecular flexibility index (Phi) is 5.70. The predicted octanol–water partition coefficient (Wildman–Crippen LogP) is 2.61. The van der Waals surface area contributed by atoms with Gasteiger partial charge in [-0.2, -0.15) is 0 Å². The molecule has 6 rings (SSSR count). The van der Waals surface area contributed by atoms with Gasteiger partial charge in [0.1, 0.15) is 11.9 Å². The SMILES string of the molecule is O=C1CSc2ccc(N3C[C@H]([C@H](O)CCN[C@@H]4Cn5c(=O)ccc6ccc(F)c4c65)OC3=O)cc2N1. The Morgan fingerprint density at radius 3 is 2.86 bits per heavy atom. The summed E-state index contributed by atoms with van der Waals surface area (Å²) in [5.41, 5.74) is 2.09. The molecule has 1 saturated heterocycles. The largest absolute Gasteiger partial charge is 0.441 e. The normalized spacial score (nSPS) is 21.4. The summed E-state index contributed by atoms with van der Waals surface area (Å²) in [5.74, 6) is -0.121. The van der Waals surface area contributed by atoms with E-state index >= 15 is 0 Å². The van der Waals surface area contributed by atoms with Crippen molar-refractivity contribution in [1.82, 2.24) is 9.88 Å². The van der Waals surface area contributed by atoms with Crippen LogP contribution in [0.25, 0.3) is 10.9 Å². The number of nitrogens with one attached hydrogen (secondary N) is 2. The van der Waals surface area contributed by atoms with Gasteiger partial charge in [0.15, 0.2) is 0 Å². The van der Waals surface area contributed by atoms with E-state index in [1.54, 1.807) is 28.8 Å². The highest BCUT2D eigenvalue weighted by Crippen LogP contribution is 2.36. The molecule has 11 heteroatoms. The molecule has 1 aromatic heterocycles. The summed E-state index contributed by atoms with van der Waals surface area (Å²) in [4.78, 5) is 38.9. The van der Waals surface area contributed by atoms with E-state index in [2.05, 4.69) is 10.6 Å². The number of hydrogen-bond acceptors (Lipinski definition) is 7. The Morgan fingerprint density at radius 2 is 2.00 bits per heavy atom. The Labute approximate surface area is 209 Å². The Hall–Kier alpha value is -3.41. The number of halogens is 1. The van der Waals surface area contributed by atoms with Gasteiger partial charge in [0.25, 0.3) is 5.56 Å². The molecule has 2 aromatic carbocycles. The van der Waals surface area contributed by atoms with E-state index in [0.29, 0.717) is 41.3 Å². The zero-order chi connectivity index (χ0) is 25.0. The molecule has 3 N–H and O–H groups in total.